The van der Waals surface area contributed by atoms with Crippen molar-refractivity contribution in [2.75, 3.05) is 33.3 Å². The molecule has 0 atom stereocenters. The number of hydrogen-bond acceptors (Lipinski definition) is 5. The summed E-state index contributed by atoms with van der Waals surface area (Å²) in [7, 11) is 1.66. The largest absolute Gasteiger partial charge is 0.496 e. The predicted molar refractivity (Wildman–Crippen MR) is 120 cm³/mol. The van der Waals surface area contributed by atoms with E-state index in [1.54, 1.807) is 11.8 Å². The second kappa shape index (κ2) is 9.08. The number of hydrogen-bond donors (Lipinski definition) is 0. The summed E-state index contributed by atoms with van der Waals surface area (Å²) in [6, 6.07) is 13.6. The SMILES string of the molecule is COc1ccc(Cl)cc1CN1CCN(C(=O)c2nnn(-c3cccc(C)c3)c2C)CC1. The summed E-state index contributed by atoms with van der Waals surface area (Å²) < 4.78 is 7.18. The molecule has 1 saturated heterocycles. The molecule has 31 heavy (non-hydrogen) atoms. The van der Waals surface area contributed by atoms with Crippen LogP contribution in [0.4, 0.5) is 0 Å². The van der Waals surface area contributed by atoms with Gasteiger partial charge in [0.15, 0.2) is 5.69 Å². The second-order valence-electron chi connectivity index (χ2n) is 7.80. The molecule has 1 fully saturated rings. The van der Waals surface area contributed by atoms with E-state index in [1.165, 1.54) is 0 Å². The number of nitrogens with zero attached hydrogens (tertiary/aromatic N) is 5. The third-order valence-corrected chi connectivity index (χ3v) is 5.87. The van der Waals surface area contributed by atoms with Gasteiger partial charge in [-0.25, -0.2) is 4.68 Å². The van der Waals surface area contributed by atoms with E-state index in [-0.39, 0.29) is 5.91 Å². The van der Waals surface area contributed by atoms with Gasteiger partial charge in [0, 0.05) is 43.3 Å². The zero-order chi connectivity index (χ0) is 22.0. The normalized spacial score (nSPS) is 14.6. The number of aromatic nitrogens is 3. The van der Waals surface area contributed by atoms with Crippen LogP contribution in [0.2, 0.25) is 5.02 Å². The molecule has 1 amide bonds. The maximum atomic E-state index is 13.1. The minimum absolute atomic E-state index is 0.0728. The van der Waals surface area contributed by atoms with Crippen LogP contribution in [-0.2, 0) is 6.54 Å². The molecule has 0 N–H and O–H groups in total. The van der Waals surface area contributed by atoms with Crippen molar-refractivity contribution in [3.05, 3.63) is 70.0 Å². The fourth-order valence-corrected chi connectivity index (χ4v) is 4.10. The van der Waals surface area contributed by atoms with Gasteiger partial charge < -0.3 is 9.64 Å². The molecule has 2 aromatic carbocycles. The summed E-state index contributed by atoms with van der Waals surface area (Å²) in [4.78, 5) is 17.2. The van der Waals surface area contributed by atoms with Gasteiger partial charge in [-0.2, -0.15) is 0 Å². The number of benzene rings is 2. The van der Waals surface area contributed by atoms with E-state index in [9.17, 15) is 4.79 Å². The van der Waals surface area contributed by atoms with Crippen LogP contribution in [0.15, 0.2) is 42.5 Å². The van der Waals surface area contributed by atoms with Crippen LogP contribution in [0.3, 0.4) is 0 Å². The Kier molecular flexibility index (Phi) is 6.25. The zero-order valence-corrected chi connectivity index (χ0v) is 18.8. The summed E-state index contributed by atoms with van der Waals surface area (Å²) in [6.45, 7) is 7.46. The molecule has 7 nitrogen and oxygen atoms in total. The molecular weight excluding hydrogens is 414 g/mol. The van der Waals surface area contributed by atoms with Gasteiger partial charge in [0.25, 0.3) is 5.91 Å². The van der Waals surface area contributed by atoms with E-state index in [0.717, 1.165) is 47.9 Å². The van der Waals surface area contributed by atoms with Crippen molar-refractivity contribution in [3.63, 3.8) is 0 Å². The van der Waals surface area contributed by atoms with E-state index >= 15 is 0 Å². The maximum absolute atomic E-state index is 13.1. The molecule has 0 saturated carbocycles. The van der Waals surface area contributed by atoms with Crippen molar-refractivity contribution in [1.29, 1.82) is 0 Å². The molecule has 2 heterocycles. The Morgan fingerprint density at radius 1 is 1.10 bits per heavy atom. The first kappa shape index (κ1) is 21.3. The average Bonchev–Trinajstić information content (AvgIpc) is 3.15. The van der Waals surface area contributed by atoms with Crippen LogP contribution in [-0.4, -0.2) is 64.0 Å². The second-order valence-corrected chi connectivity index (χ2v) is 8.24. The molecule has 3 aromatic rings. The average molecular weight is 440 g/mol. The topological polar surface area (TPSA) is 63.5 Å². The number of carbonyl (C=O) groups excluding carboxylic acids is 1. The molecule has 162 valence electrons. The molecule has 0 unspecified atom stereocenters. The van der Waals surface area contributed by atoms with Gasteiger partial charge in [-0.05, 0) is 49.7 Å². The van der Waals surface area contributed by atoms with E-state index < -0.39 is 0 Å². The number of halogens is 1. The van der Waals surface area contributed by atoms with E-state index in [4.69, 9.17) is 16.3 Å². The third kappa shape index (κ3) is 4.57. The minimum atomic E-state index is -0.0728. The van der Waals surface area contributed by atoms with Crippen molar-refractivity contribution in [2.45, 2.75) is 20.4 Å². The highest BCUT2D eigenvalue weighted by Crippen LogP contribution is 2.25. The van der Waals surface area contributed by atoms with Gasteiger partial charge in [0.2, 0.25) is 0 Å². The maximum Gasteiger partial charge on any atom is 0.276 e. The van der Waals surface area contributed by atoms with Gasteiger partial charge in [-0.15, -0.1) is 5.10 Å². The van der Waals surface area contributed by atoms with Gasteiger partial charge in [-0.1, -0.05) is 28.9 Å². The molecule has 0 spiro atoms. The first-order valence-electron chi connectivity index (χ1n) is 10.3. The molecular formula is C23H26ClN5O2. The van der Waals surface area contributed by atoms with Crippen molar-refractivity contribution in [3.8, 4) is 11.4 Å². The van der Waals surface area contributed by atoms with Crippen LogP contribution in [0.25, 0.3) is 5.69 Å². The number of aryl methyl sites for hydroxylation is 1. The molecule has 8 heteroatoms. The molecule has 1 aliphatic heterocycles. The molecule has 4 rings (SSSR count). The Morgan fingerprint density at radius 3 is 2.58 bits per heavy atom. The molecule has 1 aromatic heterocycles. The van der Waals surface area contributed by atoms with Gasteiger partial charge in [-0.3, -0.25) is 9.69 Å². The summed E-state index contributed by atoms with van der Waals surface area (Å²) in [6.07, 6.45) is 0. The standard InChI is InChI=1S/C23H26ClN5O2/c1-16-5-4-6-20(13-16)29-17(2)22(25-26-29)23(30)28-11-9-27(10-12-28)15-18-14-19(24)7-8-21(18)31-3/h4-8,13-14H,9-12,15H2,1-3H3. The van der Waals surface area contributed by atoms with Crippen molar-refractivity contribution < 1.29 is 9.53 Å². The molecule has 0 aliphatic carbocycles. The number of carbonyl (C=O) groups is 1. The number of ether oxygens (including phenoxy) is 1. The number of piperazine rings is 1. The highest BCUT2D eigenvalue weighted by Gasteiger charge is 2.27. The molecule has 1 aliphatic rings. The Labute approximate surface area is 187 Å². The minimum Gasteiger partial charge on any atom is -0.496 e. The van der Waals surface area contributed by atoms with E-state index in [0.29, 0.717) is 23.8 Å². The van der Waals surface area contributed by atoms with E-state index in [2.05, 4.69) is 15.2 Å². The lowest BCUT2D eigenvalue weighted by Gasteiger charge is -2.34. The first-order valence-corrected chi connectivity index (χ1v) is 10.7. The van der Waals surface area contributed by atoms with Crippen molar-refractivity contribution in [2.24, 2.45) is 0 Å². The quantitative estimate of drug-likeness (QED) is 0.608. The van der Waals surface area contributed by atoms with E-state index in [1.807, 2.05) is 61.2 Å². The van der Waals surface area contributed by atoms with Crippen molar-refractivity contribution >= 4 is 17.5 Å². The third-order valence-electron chi connectivity index (χ3n) is 5.64. The van der Waals surface area contributed by atoms with Gasteiger partial charge >= 0.3 is 0 Å². The van der Waals surface area contributed by atoms with Crippen LogP contribution in [0, 0.1) is 13.8 Å². The van der Waals surface area contributed by atoms with Gasteiger partial charge in [0.1, 0.15) is 5.75 Å². The fraction of sp³-hybridized carbons (Fsp3) is 0.348. The summed E-state index contributed by atoms with van der Waals surface area (Å²) >= 11 is 6.15. The fourth-order valence-electron chi connectivity index (χ4n) is 3.90. The Bertz CT molecular complexity index is 1090. The smallest absolute Gasteiger partial charge is 0.276 e. The highest BCUT2D eigenvalue weighted by molar-refractivity contribution is 6.30. The van der Waals surface area contributed by atoms with Gasteiger partial charge in [0.05, 0.1) is 18.5 Å². The summed E-state index contributed by atoms with van der Waals surface area (Å²) in [5.74, 6) is 0.752. The molecule has 0 bridgehead atoms. The highest BCUT2D eigenvalue weighted by atomic mass is 35.5. The zero-order valence-electron chi connectivity index (χ0n) is 18.0. The predicted octanol–water partition coefficient (Wildman–Crippen LogP) is 3.50. The summed E-state index contributed by atoms with van der Waals surface area (Å²) in [5, 5.41) is 9.11. The molecule has 0 radical (unpaired) electrons. The lowest BCUT2D eigenvalue weighted by molar-refractivity contribution is 0.0621. The monoisotopic (exact) mass is 439 g/mol. The van der Waals surface area contributed by atoms with Crippen LogP contribution < -0.4 is 4.74 Å². The van der Waals surface area contributed by atoms with Crippen molar-refractivity contribution in [1.82, 2.24) is 24.8 Å². The first-order chi connectivity index (χ1) is 15.0. The Balaban J connectivity index is 1.42. The lowest BCUT2D eigenvalue weighted by atomic mass is 10.1. The Hall–Kier alpha value is -2.90. The lowest BCUT2D eigenvalue weighted by Crippen LogP contribution is -2.48. The number of rotatable bonds is 5. The van der Waals surface area contributed by atoms with Crippen LogP contribution in [0.5, 0.6) is 5.75 Å². The van der Waals surface area contributed by atoms with Crippen LogP contribution in [0.1, 0.15) is 27.3 Å². The number of amides is 1. The Morgan fingerprint density at radius 2 is 1.87 bits per heavy atom. The van der Waals surface area contributed by atoms with Crippen LogP contribution >= 0.6 is 11.6 Å². The number of methoxy groups -OCH3 is 1. The summed E-state index contributed by atoms with van der Waals surface area (Å²) in [5.41, 5.74) is 4.25.